The van der Waals surface area contributed by atoms with Crippen LogP contribution in [0.1, 0.15) is 22.7 Å². The molecule has 1 unspecified atom stereocenters. The zero-order chi connectivity index (χ0) is 13.8. The van der Waals surface area contributed by atoms with Crippen LogP contribution in [0.2, 0.25) is 0 Å². The summed E-state index contributed by atoms with van der Waals surface area (Å²) in [5, 5.41) is 3.08. The summed E-state index contributed by atoms with van der Waals surface area (Å²) in [6.07, 6.45) is 0.667. The highest BCUT2D eigenvalue weighted by Crippen LogP contribution is 2.22. The summed E-state index contributed by atoms with van der Waals surface area (Å²) in [6, 6.07) is 11.7. The molecule has 100 valence electrons. The lowest BCUT2D eigenvalue weighted by Crippen LogP contribution is -2.20. The predicted octanol–water partition coefficient (Wildman–Crippen LogP) is 3.78. The third-order valence-electron chi connectivity index (χ3n) is 3.21. The standard InChI is InChI=1S/C16H17F2N/c1-11-4-3-5-12(8-11)9-16(19-2)14-7-6-13(17)10-15(14)18/h3-8,10,16,19H,9H2,1-2H3. The summed E-state index contributed by atoms with van der Waals surface area (Å²) in [5.41, 5.74) is 2.79. The molecule has 0 aliphatic heterocycles. The number of hydrogen-bond acceptors (Lipinski definition) is 1. The molecule has 0 fully saturated rings. The summed E-state index contributed by atoms with van der Waals surface area (Å²) in [5.74, 6) is -1.06. The lowest BCUT2D eigenvalue weighted by molar-refractivity contribution is 0.521. The van der Waals surface area contributed by atoms with Gasteiger partial charge < -0.3 is 5.32 Å². The highest BCUT2D eigenvalue weighted by Gasteiger charge is 2.15. The summed E-state index contributed by atoms with van der Waals surface area (Å²) in [7, 11) is 1.78. The molecule has 3 heteroatoms. The van der Waals surface area contributed by atoms with Crippen LogP contribution in [0, 0.1) is 18.6 Å². The molecule has 1 N–H and O–H groups in total. The van der Waals surface area contributed by atoms with Gasteiger partial charge in [0.25, 0.3) is 0 Å². The van der Waals surface area contributed by atoms with Gasteiger partial charge in [-0.25, -0.2) is 8.78 Å². The largest absolute Gasteiger partial charge is 0.313 e. The second kappa shape index (κ2) is 5.93. The fourth-order valence-corrected chi connectivity index (χ4v) is 2.23. The van der Waals surface area contributed by atoms with Crippen molar-refractivity contribution >= 4 is 0 Å². The number of rotatable bonds is 4. The Morgan fingerprint density at radius 1 is 1.11 bits per heavy atom. The maximum atomic E-state index is 13.8. The Hall–Kier alpha value is -1.74. The Morgan fingerprint density at radius 2 is 1.89 bits per heavy atom. The van der Waals surface area contributed by atoms with E-state index in [1.165, 1.54) is 17.7 Å². The van der Waals surface area contributed by atoms with Gasteiger partial charge in [0.15, 0.2) is 0 Å². The molecule has 0 radical (unpaired) electrons. The van der Waals surface area contributed by atoms with Crippen LogP contribution < -0.4 is 5.32 Å². The maximum Gasteiger partial charge on any atom is 0.130 e. The monoisotopic (exact) mass is 261 g/mol. The lowest BCUT2D eigenvalue weighted by atomic mass is 9.97. The second-order valence-electron chi connectivity index (χ2n) is 4.70. The molecule has 0 aliphatic carbocycles. The van der Waals surface area contributed by atoms with Gasteiger partial charge in [0.05, 0.1) is 0 Å². The molecule has 2 rings (SSSR count). The molecule has 1 atom stereocenters. The number of aryl methyl sites for hydroxylation is 1. The molecule has 19 heavy (non-hydrogen) atoms. The van der Waals surface area contributed by atoms with E-state index in [0.717, 1.165) is 11.6 Å². The van der Waals surface area contributed by atoms with Gasteiger partial charge in [-0.1, -0.05) is 35.9 Å². The Balaban J connectivity index is 2.25. The maximum absolute atomic E-state index is 13.8. The topological polar surface area (TPSA) is 12.0 Å². The summed E-state index contributed by atoms with van der Waals surface area (Å²) in [6.45, 7) is 2.02. The minimum absolute atomic E-state index is 0.164. The van der Waals surface area contributed by atoms with Crippen molar-refractivity contribution in [1.29, 1.82) is 0 Å². The zero-order valence-corrected chi connectivity index (χ0v) is 11.1. The molecule has 0 aromatic heterocycles. The molecule has 0 saturated carbocycles. The van der Waals surface area contributed by atoms with Crippen molar-refractivity contribution in [3.05, 3.63) is 70.8 Å². The van der Waals surface area contributed by atoms with E-state index in [1.54, 1.807) is 7.05 Å². The first kappa shape index (κ1) is 13.7. The van der Waals surface area contributed by atoms with E-state index in [1.807, 2.05) is 25.1 Å². The summed E-state index contributed by atoms with van der Waals surface area (Å²) in [4.78, 5) is 0. The van der Waals surface area contributed by atoms with Crippen molar-refractivity contribution in [1.82, 2.24) is 5.32 Å². The van der Waals surface area contributed by atoms with Crippen LogP contribution in [0.5, 0.6) is 0 Å². The molecule has 0 spiro atoms. The molecule has 0 aliphatic rings. The van der Waals surface area contributed by atoms with Gasteiger partial charge in [0.1, 0.15) is 11.6 Å². The highest BCUT2D eigenvalue weighted by molar-refractivity contribution is 5.27. The lowest BCUT2D eigenvalue weighted by Gasteiger charge is -2.17. The summed E-state index contributed by atoms with van der Waals surface area (Å²) >= 11 is 0. The van der Waals surface area contributed by atoms with Crippen molar-refractivity contribution in [3.8, 4) is 0 Å². The third-order valence-corrected chi connectivity index (χ3v) is 3.21. The van der Waals surface area contributed by atoms with E-state index < -0.39 is 11.6 Å². The first-order valence-corrected chi connectivity index (χ1v) is 6.28. The predicted molar refractivity (Wildman–Crippen MR) is 73.0 cm³/mol. The Labute approximate surface area is 112 Å². The Bertz CT molecular complexity index is 566. The quantitative estimate of drug-likeness (QED) is 0.883. The molecule has 2 aromatic carbocycles. The number of likely N-dealkylation sites (N-methyl/N-ethyl adjacent to an activating group) is 1. The third kappa shape index (κ3) is 3.38. The second-order valence-corrected chi connectivity index (χ2v) is 4.70. The van der Waals surface area contributed by atoms with Gasteiger partial charge in [-0.3, -0.25) is 0 Å². The average molecular weight is 261 g/mol. The van der Waals surface area contributed by atoms with Crippen LogP contribution in [-0.2, 0) is 6.42 Å². The zero-order valence-electron chi connectivity index (χ0n) is 11.1. The van der Waals surface area contributed by atoms with E-state index in [9.17, 15) is 8.78 Å². The fourth-order valence-electron chi connectivity index (χ4n) is 2.23. The van der Waals surface area contributed by atoms with Crippen LogP contribution >= 0.6 is 0 Å². The minimum atomic E-state index is -0.549. The van der Waals surface area contributed by atoms with Crippen LogP contribution in [0.25, 0.3) is 0 Å². The van der Waals surface area contributed by atoms with E-state index in [-0.39, 0.29) is 6.04 Å². The van der Waals surface area contributed by atoms with Crippen molar-refractivity contribution in [2.24, 2.45) is 0 Å². The molecule has 1 nitrogen and oxygen atoms in total. The van der Waals surface area contributed by atoms with Gasteiger partial charge in [0, 0.05) is 17.7 Å². The molecule has 0 amide bonds. The smallest absolute Gasteiger partial charge is 0.130 e. The fraction of sp³-hybridized carbons (Fsp3) is 0.250. The van der Waals surface area contributed by atoms with Gasteiger partial charge in [-0.05, 0) is 32.0 Å². The van der Waals surface area contributed by atoms with Crippen molar-refractivity contribution in [2.45, 2.75) is 19.4 Å². The number of hydrogen-bond donors (Lipinski definition) is 1. The Morgan fingerprint density at radius 3 is 2.53 bits per heavy atom. The van der Waals surface area contributed by atoms with Crippen LogP contribution in [-0.4, -0.2) is 7.05 Å². The highest BCUT2D eigenvalue weighted by atomic mass is 19.1. The van der Waals surface area contributed by atoms with Crippen molar-refractivity contribution in [2.75, 3.05) is 7.05 Å². The van der Waals surface area contributed by atoms with Crippen LogP contribution in [0.15, 0.2) is 42.5 Å². The molecule has 0 heterocycles. The molecule has 0 saturated heterocycles. The van der Waals surface area contributed by atoms with Gasteiger partial charge in [-0.2, -0.15) is 0 Å². The number of benzene rings is 2. The van der Waals surface area contributed by atoms with Crippen molar-refractivity contribution < 1.29 is 8.78 Å². The van der Waals surface area contributed by atoms with Gasteiger partial charge in [0.2, 0.25) is 0 Å². The van der Waals surface area contributed by atoms with E-state index >= 15 is 0 Å². The van der Waals surface area contributed by atoms with Gasteiger partial charge >= 0.3 is 0 Å². The number of nitrogens with one attached hydrogen (secondary N) is 1. The van der Waals surface area contributed by atoms with Crippen LogP contribution in [0.3, 0.4) is 0 Å². The number of halogens is 2. The summed E-state index contributed by atoms with van der Waals surface area (Å²) < 4.78 is 26.7. The average Bonchev–Trinajstić information content (AvgIpc) is 2.37. The minimum Gasteiger partial charge on any atom is -0.313 e. The first-order valence-electron chi connectivity index (χ1n) is 6.28. The molecular formula is C16H17F2N. The molecular weight excluding hydrogens is 244 g/mol. The normalized spacial score (nSPS) is 12.4. The SMILES string of the molecule is CNC(Cc1cccc(C)c1)c1ccc(F)cc1F. The van der Waals surface area contributed by atoms with E-state index in [0.29, 0.717) is 12.0 Å². The van der Waals surface area contributed by atoms with Crippen LogP contribution in [0.4, 0.5) is 8.78 Å². The molecule has 0 bridgehead atoms. The van der Waals surface area contributed by atoms with E-state index in [2.05, 4.69) is 11.4 Å². The van der Waals surface area contributed by atoms with Gasteiger partial charge in [-0.15, -0.1) is 0 Å². The Kier molecular flexibility index (Phi) is 4.27. The van der Waals surface area contributed by atoms with Crippen molar-refractivity contribution in [3.63, 3.8) is 0 Å². The first-order chi connectivity index (χ1) is 9.10. The molecule has 2 aromatic rings. The van der Waals surface area contributed by atoms with E-state index in [4.69, 9.17) is 0 Å².